The van der Waals surface area contributed by atoms with Gasteiger partial charge in [0, 0.05) is 12.8 Å². The molecule has 0 atom stereocenters. The van der Waals surface area contributed by atoms with Crippen LogP contribution in [0.15, 0.2) is 0 Å². The summed E-state index contributed by atoms with van der Waals surface area (Å²) < 4.78 is 105. The van der Waals surface area contributed by atoms with Crippen molar-refractivity contribution in [3.8, 4) is 0 Å². The summed E-state index contributed by atoms with van der Waals surface area (Å²) in [5.41, 5.74) is 0. The molecule has 0 heterocycles. The van der Waals surface area contributed by atoms with Crippen molar-refractivity contribution in [2.75, 3.05) is 0 Å². The predicted molar refractivity (Wildman–Crippen MR) is 74.3 cm³/mol. The van der Waals surface area contributed by atoms with Gasteiger partial charge in [0.1, 0.15) is 0 Å². The average Bonchev–Trinajstić information content (AvgIpc) is 2.11. The van der Waals surface area contributed by atoms with Gasteiger partial charge in [-0.1, -0.05) is 42.5 Å². The van der Waals surface area contributed by atoms with Crippen molar-refractivity contribution in [1.29, 1.82) is 0 Å². The minimum atomic E-state index is -5.41. The highest BCUT2D eigenvalue weighted by atomic mass is 19.4. The van der Waals surface area contributed by atoms with Crippen molar-refractivity contribution >= 4 is 0 Å². The van der Waals surface area contributed by atoms with E-state index in [0.29, 0.717) is 0 Å². The van der Waals surface area contributed by atoms with Gasteiger partial charge in [-0.05, 0) is 11.8 Å². The number of rotatable bonds is 5. The van der Waals surface area contributed by atoms with Gasteiger partial charge < -0.3 is 0 Å². The molecular weight excluding hydrogens is 339 g/mol. The molecule has 146 valence electrons. The van der Waals surface area contributed by atoms with E-state index in [2.05, 4.69) is 0 Å². The summed E-state index contributed by atoms with van der Waals surface area (Å²) >= 11 is 0. The molecule has 0 rings (SSSR count). The molecular formula is C14H27F9. The highest BCUT2D eigenvalue weighted by Crippen LogP contribution is 2.39. The Labute approximate surface area is 132 Å². The average molecular weight is 366 g/mol. The lowest BCUT2D eigenvalue weighted by Crippen LogP contribution is -2.37. The summed E-state index contributed by atoms with van der Waals surface area (Å²) in [6.45, 7) is 5.60. The van der Waals surface area contributed by atoms with Crippen molar-refractivity contribution in [1.82, 2.24) is 0 Å². The van der Waals surface area contributed by atoms with E-state index in [9.17, 15) is 39.5 Å². The van der Waals surface area contributed by atoms with Crippen molar-refractivity contribution in [3.05, 3.63) is 0 Å². The molecule has 0 aromatic carbocycles. The SMILES string of the molecule is C.C.CC(C)CC(F)(F)C(F)(F)F.CC(C)CC(F)(F)C(F)F. The van der Waals surface area contributed by atoms with Crippen LogP contribution in [0.5, 0.6) is 0 Å². The minimum Gasteiger partial charge on any atom is -0.204 e. The number of hydrogen-bond donors (Lipinski definition) is 0. The van der Waals surface area contributed by atoms with Crippen LogP contribution in [0.25, 0.3) is 0 Å². The molecule has 0 aliphatic carbocycles. The van der Waals surface area contributed by atoms with Crippen LogP contribution in [0, 0.1) is 11.8 Å². The Morgan fingerprint density at radius 2 is 0.957 bits per heavy atom. The second kappa shape index (κ2) is 11.0. The smallest absolute Gasteiger partial charge is 0.204 e. The van der Waals surface area contributed by atoms with Gasteiger partial charge in [0.15, 0.2) is 0 Å². The van der Waals surface area contributed by atoms with E-state index >= 15 is 0 Å². The Bertz CT molecular complexity index is 280. The Kier molecular flexibility index (Phi) is 14.5. The third kappa shape index (κ3) is 13.5. The molecule has 23 heavy (non-hydrogen) atoms. The molecule has 0 saturated carbocycles. The zero-order valence-corrected chi connectivity index (χ0v) is 12.0. The number of hydrogen-bond acceptors (Lipinski definition) is 0. The Morgan fingerprint density at radius 1 is 0.652 bits per heavy atom. The quantitative estimate of drug-likeness (QED) is 0.444. The first-order chi connectivity index (χ1) is 9.03. The lowest BCUT2D eigenvalue weighted by atomic mass is 10.1. The fraction of sp³-hybridized carbons (Fsp3) is 1.00. The van der Waals surface area contributed by atoms with E-state index in [1.807, 2.05) is 0 Å². The first kappa shape index (κ1) is 30.3. The van der Waals surface area contributed by atoms with Gasteiger partial charge in [-0.25, -0.2) is 17.6 Å². The summed E-state index contributed by atoms with van der Waals surface area (Å²) in [6.07, 6.45) is -10.8. The maximum atomic E-state index is 12.1. The summed E-state index contributed by atoms with van der Waals surface area (Å²) in [6, 6.07) is 0. The molecule has 0 N–H and O–H groups in total. The lowest BCUT2D eigenvalue weighted by Gasteiger charge is -2.20. The fourth-order valence-corrected chi connectivity index (χ4v) is 1.26. The summed E-state index contributed by atoms with van der Waals surface area (Å²) in [7, 11) is 0. The lowest BCUT2D eigenvalue weighted by molar-refractivity contribution is -0.287. The molecule has 0 fully saturated rings. The maximum Gasteiger partial charge on any atom is 0.453 e. The molecule has 0 aliphatic rings. The molecule has 0 unspecified atom stereocenters. The van der Waals surface area contributed by atoms with Crippen LogP contribution in [-0.2, 0) is 0 Å². The first-order valence-electron chi connectivity index (χ1n) is 6.13. The molecule has 9 heteroatoms. The van der Waals surface area contributed by atoms with Gasteiger partial charge in [0.05, 0.1) is 0 Å². The molecule has 0 bridgehead atoms. The minimum absolute atomic E-state index is 0. The van der Waals surface area contributed by atoms with E-state index in [4.69, 9.17) is 0 Å². The largest absolute Gasteiger partial charge is 0.453 e. The highest BCUT2D eigenvalue weighted by Gasteiger charge is 2.57. The number of alkyl halides is 9. The van der Waals surface area contributed by atoms with E-state index < -0.39 is 49.1 Å². The zero-order chi connectivity index (χ0) is 17.6. The van der Waals surface area contributed by atoms with Gasteiger partial charge in [-0.3, -0.25) is 0 Å². The Balaban J connectivity index is -0.000000145. The third-order valence-corrected chi connectivity index (χ3v) is 2.08. The molecule has 0 spiro atoms. The Hall–Kier alpha value is -0.630. The third-order valence-electron chi connectivity index (χ3n) is 2.08. The molecule has 0 nitrogen and oxygen atoms in total. The molecule has 0 aromatic heterocycles. The van der Waals surface area contributed by atoms with E-state index in [0.717, 1.165) is 0 Å². The standard InChI is InChI=1S/C6H9F5.C6H10F4.2CH4/c1-4(2)3-5(7,8)6(9,10)11;1-4(2)3-6(9,10)5(7)8;;/h4H,3H2,1-2H3;4-5H,3H2,1-2H3;2*1H4. The van der Waals surface area contributed by atoms with Crippen molar-refractivity contribution < 1.29 is 39.5 Å². The van der Waals surface area contributed by atoms with E-state index in [1.54, 1.807) is 0 Å². The van der Waals surface area contributed by atoms with Gasteiger partial charge in [-0.15, -0.1) is 0 Å². The first-order valence-corrected chi connectivity index (χ1v) is 6.13. The van der Waals surface area contributed by atoms with E-state index in [1.165, 1.54) is 27.7 Å². The summed E-state index contributed by atoms with van der Waals surface area (Å²) in [4.78, 5) is 0. The van der Waals surface area contributed by atoms with Gasteiger partial charge >= 0.3 is 24.4 Å². The fourth-order valence-electron chi connectivity index (χ4n) is 1.26. The molecule has 0 radical (unpaired) electrons. The van der Waals surface area contributed by atoms with Gasteiger partial charge in [0.2, 0.25) is 0 Å². The predicted octanol–water partition coefficient (Wildman–Crippen LogP) is 7.44. The summed E-state index contributed by atoms with van der Waals surface area (Å²) in [5.74, 6) is -9.41. The molecule has 0 saturated heterocycles. The summed E-state index contributed by atoms with van der Waals surface area (Å²) in [5, 5.41) is 0. The second-order valence-electron chi connectivity index (χ2n) is 5.46. The molecule has 0 amide bonds. The van der Waals surface area contributed by atoms with Crippen LogP contribution >= 0.6 is 0 Å². The van der Waals surface area contributed by atoms with Crippen molar-refractivity contribution in [2.24, 2.45) is 11.8 Å². The second-order valence-corrected chi connectivity index (χ2v) is 5.46. The zero-order valence-electron chi connectivity index (χ0n) is 12.0. The normalized spacial score (nSPS) is 12.5. The maximum absolute atomic E-state index is 12.1. The van der Waals surface area contributed by atoms with Gasteiger partial charge in [-0.2, -0.15) is 22.0 Å². The highest BCUT2D eigenvalue weighted by molar-refractivity contribution is 4.76. The van der Waals surface area contributed by atoms with Crippen LogP contribution in [0.3, 0.4) is 0 Å². The van der Waals surface area contributed by atoms with Crippen LogP contribution in [0.4, 0.5) is 39.5 Å². The number of halogens is 9. The van der Waals surface area contributed by atoms with Gasteiger partial charge in [0.25, 0.3) is 0 Å². The van der Waals surface area contributed by atoms with Crippen LogP contribution in [0.2, 0.25) is 0 Å². The molecule has 0 aromatic rings. The molecule has 0 aliphatic heterocycles. The Morgan fingerprint density at radius 3 is 1.04 bits per heavy atom. The van der Waals surface area contributed by atoms with E-state index in [-0.39, 0.29) is 14.9 Å². The van der Waals surface area contributed by atoms with Crippen molar-refractivity contribution in [3.63, 3.8) is 0 Å². The monoisotopic (exact) mass is 366 g/mol. The topological polar surface area (TPSA) is 0 Å². The van der Waals surface area contributed by atoms with Crippen LogP contribution < -0.4 is 0 Å². The van der Waals surface area contributed by atoms with Crippen LogP contribution in [0.1, 0.15) is 55.4 Å². The van der Waals surface area contributed by atoms with Crippen LogP contribution in [-0.4, -0.2) is 24.4 Å². The van der Waals surface area contributed by atoms with Crippen molar-refractivity contribution in [2.45, 2.75) is 79.8 Å².